The van der Waals surface area contributed by atoms with Crippen molar-refractivity contribution in [3.63, 3.8) is 0 Å². The van der Waals surface area contributed by atoms with E-state index in [2.05, 4.69) is 15.4 Å². The first kappa shape index (κ1) is 18.7. The minimum absolute atomic E-state index is 0.209. The Balaban J connectivity index is 1.64. The molecule has 0 spiro atoms. The molecule has 5 nitrogen and oxygen atoms in total. The second-order valence-electron chi connectivity index (χ2n) is 6.52. The maximum Gasteiger partial charge on any atom is 0.261 e. The highest BCUT2D eigenvalue weighted by atomic mass is 32.2. The van der Waals surface area contributed by atoms with E-state index in [0.29, 0.717) is 16.8 Å². The summed E-state index contributed by atoms with van der Waals surface area (Å²) < 4.78 is 27.7. The minimum atomic E-state index is -3.63. The van der Waals surface area contributed by atoms with Crippen LogP contribution in [0.4, 0.5) is 11.4 Å². The first-order valence-electron chi connectivity index (χ1n) is 8.70. The third-order valence-corrected chi connectivity index (χ3v) is 6.10. The molecule has 1 fully saturated rings. The molecule has 0 aromatic heterocycles. The molecule has 0 bridgehead atoms. The van der Waals surface area contributed by atoms with E-state index < -0.39 is 10.0 Å². The van der Waals surface area contributed by atoms with Crippen LogP contribution in [-0.2, 0) is 10.0 Å². The minimum Gasteiger partial charge on any atom is -0.360 e. The van der Waals surface area contributed by atoms with Crippen LogP contribution >= 0.6 is 12.2 Å². The molecule has 2 aromatic carbocycles. The smallest absolute Gasteiger partial charge is 0.261 e. The Bertz CT molecular complexity index is 874. The predicted octanol–water partition coefficient (Wildman–Crippen LogP) is 4.02. The number of benzene rings is 2. The molecule has 0 heterocycles. The maximum atomic E-state index is 12.5. The van der Waals surface area contributed by atoms with Crippen LogP contribution in [0.5, 0.6) is 0 Å². The number of hydrogen-bond donors (Lipinski definition) is 3. The van der Waals surface area contributed by atoms with Gasteiger partial charge >= 0.3 is 0 Å². The molecule has 0 radical (unpaired) electrons. The van der Waals surface area contributed by atoms with E-state index in [1.807, 2.05) is 19.1 Å². The lowest BCUT2D eigenvalue weighted by molar-refractivity contribution is 0.601. The molecule has 7 heteroatoms. The Morgan fingerprint density at radius 1 is 1.04 bits per heavy atom. The Morgan fingerprint density at radius 3 is 2.35 bits per heavy atom. The first-order chi connectivity index (χ1) is 12.4. The van der Waals surface area contributed by atoms with Gasteiger partial charge in [0.15, 0.2) is 5.11 Å². The van der Waals surface area contributed by atoms with Gasteiger partial charge in [0.1, 0.15) is 0 Å². The van der Waals surface area contributed by atoms with Crippen molar-refractivity contribution in [1.29, 1.82) is 0 Å². The molecule has 3 rings (SSSR count). The summed E-state index contributed by atoms with van der Waals surface area (Å²) in [5.74, 6) is 0. The molecule has 1 aliphatic rings. The number of aryl methyl sites for hydroxylation is 1. The molecule has 1 saturated carbocycles. The number of sulfonamides is 1. The summed E-state index contributed by atoms with van der Waals surface area (Å²) in [6, 6.07) is 14.3. The Kier molecular flexibility index (Phi) is 5.78. The first-order valence-corrected chi connectivity index (χ1v) is 10.6. The summed E-state index contributed by atoms with van der Waals surface area (Å²) in [6.45, 7) is 1.86. The highest BCUT2D eigenvalue weighted by Gasteiger charge is 2.17. The van der Waals surface area contributed by atoms with Gasteiger partial charge in [0, 0.05) is 11.7 Å². The topological polar surface area (TPSA) is 70.2 Å². The van der Waals surface area contributed by atoms with Crippen molar-refractivity contribution in [3.8, 4) is 0 Å². The number of thiocarbonyl (C=S) groups is 1. The second-order valence-corrected chi connectivity index (χ2v) is 8.62. The van der Waals surface area contributed by atoms with Crippen LogP contribution in [0, 0.1) is 6.92 Å². The molecule has 0 unspecified atom stereocenters. The monoisotopic (exact) mass is 389 g/mol. The highest BCUT2D eigenvalue weighted by Crippen LogP contribution is 2.21. The van der Waals surface area contributed by atoms with Crippen molar-refractivity contribution in [2.75, 3.05) is 10.0 Å². The zero-order chi connectivity index (χ0) is 18.6. The fourth-order valence-electron chi connectivity index (χ4n) is 3.03. The van der Waals surface area contributed by atoms with Gasteiger partial charge in [-0.25, -0.2) is 8.42 Å². The lowest BCUT2D eigenvalue weighted by Gasteiger charge is -2.16. The third-order valence-electron chi connectivity index (χ3n) is 4.50. The summed E-state index contributed by atoms with van der Waals surface area (Å²) in [7, 11) is -3.63. The van der Waals surface area contributed by atoms with E-state index in [9.17, 15) is 8.42 Å². The molecule has 0 aliphatic heterocycles. The van der Waals surface area contributed by atoms with Crippen molar-refractivity contribution in [1.82, 2.24) is 5.32 Å². The SMILES string of the molecule is Cc1ccccc1NS(=O)(=O)c1ccc(NC(=S)NC2CCCC2)cc1. The van der Waals surface area contributed by atoms with Gasteiger partial charge in [0.2, 0.25) is 0 Å². The summed E-state index contributed by atoms with van der Waals surface area (Å²) in [5.41, 5.74) is 2.21. The lowest BCUT2D eigenvalue weighted by Crippen LogP contribution is -2.35. The van der Waals surface area contributed by atoms with E-state index >= 15 is 0 Å². The summed E-state index contributed by atoms with van der Waals surface area (Å²) in [6.07, 6.45) is 4.76. The van der Waals surface area contributed by atoms with Gasteiger partial charge in [0.05, 0.1) is 10.6 Å². The average molecular weight is 390 g/mol. The van der Waals surface area contributed by atoms with Crippen LogP contribution in [0.2, 0.25) is 0 Å². The van der Waals surface area contributed by atoms with Crippen LogP contribution in [0.1, 0.15) is 31.2 Å². The second kappa shape index (κ2) is 8.05. The largest absolute Gasteiger partial charge is 0.360 e. The summed E-state index contributed by atoms with van der Waals surface area (Å²) in [5, 5.41) is 6.99. The number of para-hydroxylation sites is 1. The zero-order valence-electron chi connectivity index (χ0n) is 14.7. The van der Waals surface area contributed by atoms with Gasteiger partial charge in [-0.05, 0) is 67.9 Å². The predicted molar refractivity (Wildman–Crippen MR) is 110 cm³/mol. The fourth-order valence-corrected chi connectivity index (χ4v) is 4.45. The molecular formula is C19H23N3O2S2. The van der Waals surface area contributed by atoms with Gasteiger partial charge in [0.25, 0.3) is 10.0 Å². The molecule has 1 aliphatic carbocycles. The molecular weight excluding hydrogens is 366 g/mol. The number of anilines is 2. The number of nitrogens with one attached hydrogen (secondary N) is 3. The van der Waals surface area contributed by atoms with Crippen LogP contribution in [0.15, 0.2) is 53.4 Å². The molecule has 0 saturated heterocycles. The molecule has 138 valence electrons. The van der Waals surface area contributed by atoms with Gasteiger partial charge in [-0.15, -0.1) is 0 Å². The maximum absolute atomic E-state index is 12.5. The van der Waals surface area contributed by atoms with Crippen LogP contribution in [-0.4, -0.2) is 19.6 Å². The van der Waals surface area contributed by atoms with Crippen molar-refractivity contribution in [3.05, 3.63) is 54.1 Å². The summed E-state index contributed by atoms with van der Waals surface area (Å²) >= 11 is 5.33. The van der Waals surface area contributed by atoms with Crippen molar-refractivity contribution in [2.24, 2.45) is 0 Å². The Hall–Kier alpha value is -2.12. The van der Waals surface area contributed by atoms with Gasteiger partial charge in [-0.2, -0.15) is 0 Å². The molecule has 0 atom stereocenters. The van der Waals surface area contributed by atoms with Crippen LogP contribution in [0.25, 0.3) is 0 Å². The van der Waals surface area contributed by atoms with Crippen molar-refractivity contribution >= 4 is 38.7 Å². The zero-order valence-corrected chi connectivity index (χ0v) is 16.3. The normalized spacial score (nSPS) is 14.8. The van der Waals surface area contributed by atoms with Gasteiger partial charge < -0.3 is 10.6 Å². The van der Waals surface area contributed by atoms with E-state index in [-0.39, 0.29) is 4.90 Å². The van der Waals surface area contributed by atoms with E-state index in [1.54, 1.807) is 36.4 Å². The molecule has 26 heavy (non-hydrogen) atoms. The number of rotatable bonds is 5. The third kappa shape index (κ3) is 4.74. The Labute approximate surface area is 160 Å². The van der Waals surface area contributed by atoms with Crippen LogP contribution < -0.4 is 15.4 Å². The Morgan fingerprint density at radius 2 is 1.69 bits per heavy atom. The average Bonchev–Trinajstić information content (AvgIpc) is 3.10. The van der Waals surface area contributed by atoms with E-state index in [0.717, 1.165) is 24.1 Å². The standard InChI is InChI=1S/C19H23N3O2S2/c1-14-6-2-5-9-18(14)22-26(23,24)17-12-10-16(11-13-17)21-19(25)20-15-7-3-4-8-15/h2,5-6,9-13,15,22H,3-4,7-8H2,1H3,(H2,20,21,25). The number of hydrogen-bond acceptors (Lipinski definition) is 3. The molecule has 3 N–H and O–H groups in total. The molecule has 2 aromatic rings. The summed E-state index contributed by atoms with van der Waals surface area (Å²) in [4.78, 5) is 0.209. The van der Waals surface area contributed by atoms with Crippen LogP contribution in [0.3, 0.4) is 0 Å². The lowest BCUT2D eigenvalue weighted by atomic mass is 10.2. The van der Waals surface area contributed by atoms with E-state index in [1.165, 1.54) is 12.8 Å². The van der Waals surface area contributed by atoms with Gasteiger partial charge in [-0.1, -0.05) is 31.0 Å². The highest BCUT2D eigenvalue weighted by molar-refractivity contribution is 7.92. The van der Waals surface area contributed by atoms with Gasteiger partial charge in [-0.3, -0.25) is 4.72 Å². The quantitative estimate of drug-likeness (QED) is 0.674. The van der Waals surface area contributed by atoms with Crippen molar-refractivity contribution < 1.29 is 8.42 Å². The fraction of sp³-hybridized carbons (Fsp3) is 0.316. The van der Waals surface area contributed by atoms with E-state index in [4.69, 9.17) is 12.2 Å². The molecule has 0 amide bonds. The van der Waals surface area contributed by atoms with Crippen molar-refractivity contribution in [2.45, 2.75) is 43.5 Å².